The van der Waals surface area contributed by atoms with Gasteiger partial charge in [-0.1, -0.05) is 23.2 Å². The summed E-state index contributed by atoms with van der Waals surface area (Å²) in [6.07, 6.45) is 3.98. The Kier molecular flexibility index (Phi) is 6.97. The van der Waals surface area contributed by atoms with Crippen LogP contribution in [-0.4, -0.2) is 47.7 Å². The van der Waals surface area contributed by atoms with Crippen molar-refractivity contribution in [3.63, 3.8) is 0 Å². The summed E-state index contributed by atoms with van der Waals surface area (Å²) in [5, 5.41) is 13.5. The van der Waals surface area contributed by atoms with E-state index in [-0.39, 0.29) is 5.91 Å². The van der Waals surface area contributed by atoms with Crippen molar-refractivity contribution in [2.75, 3.05) is 37.0 Å². The highest BCUT2D eigenvalue weighted by Gasteiger charge is 2.23. The van der Waals surface area contributed by atoms with Gasteiger partial charge in [0.15, 0.2) is 5.82 Å². The Bertz CT molecular complexity index is 1250. The van der Waals surface area contributed by atoms with Crippen LogP contribution >= 0.6 is 23.2 Å². The number of likely N-dealkylation sites (tertiary alicyclic amines) is 1. The highest BCUT2D eigenvalue weighted by atomic mass is 35.5. The molecule has 0 saturated carbocycles. The lowest BCUT2D eigenvalue weighted by Gasteiger charge is -2.31. The minimum absolute atomic E-state index is 0.0382. The van der Waals surface area contributed by atoms with Gasteiger partial charge >= 0.3 is 0 Å². The van der Waals surface area contributed by atoms with Crippen molar-refractivity contribution >= 4 is 46.3 Å². The number of aryl methyl sites for hydroxylation is 1. The third-order valence-corrected chi connectivity index (χ3v) is 7.11. The standard InChI is InChI=1S/C26H27Cl2N5O2/c1-35-24-14-17(26(34)32-10-2-3-11-32)6-9-22(24)29-25-15-23-21(30-31-25)5-4-12-33(23)16-18-13-19(27)7-8-20(18)28/h6-9,13-15H,2-5,10-12,16H2,1H3,(H,29,31). The number of rotatable bonds is 6. The molecule has 35 heavy (non-hydrogen) atoms. The molecule has 1 amide bonds. The summed E-state index contributed by atoms with van der Waals surface area (Å²) >= 11 is 12.6. The number of anilines is 3. The van der Waals surface area contributed by atoms with Gasteiger partial charge in [0, 0.05) is 47.9 Å². The Morgan fingerprint density at radius 1 is 1.03 bits per heavy atom. The van der Waals surface area contributed by atoms with Gasteiger partial charge in [-0.3, -0.25) is 4.79 Å². The first kappa shape index (κ1) is 23.7. The largest absolute Gasteiger partial charge is 0.495 e. The monoisotopic (exact) mass is 511 g/mol. The van der Waals surface area contributed by atoms with Crippen molar-refractivity contribution in [1.82, 2.24) is 15.1 Å². The highest BCUT2D eigenvalue weighted by Crippen LogP contribution is 2.33. The smallest absolute Gasteiger partial charge is 0.253 e. The SMILES string of the molecule is COc1cc(C(=O)N2CCCC2)ccc1Nc1cc2c(nn1)CCCN2Cc1cc(Cl)ccc1Cl. The lowest BCUT2D eigenvalue weighted by Crippen LogP contribution is -2.30. The van der Waals surface area contributed by atoms with E-state index in [2.05, 4.69) is 20.4 Å². The van der Waals surface area contributed by atoms with Crippen molar-refractivity contribution in [2.45, 2.75) is 32.2 Å². The molecule has 0 atom stereocenters. The summed E-state index contributed by atoms with van der Waals surface area (Å²) in [6, 6.07) is 13.0. The summed E-state index contributed by atoms with van der Waals surface area (Å²) in [5.41, 5.74) is 4.29. The number of hydrogen-bond donors (Lipinski definition) is 1. The normalized spacial score (nSPS) is 15.2. The van der Waals surface area contributed by atoms with Gasteiger partial charge in [-0.2, -0.15) is 5.10 Å². The van der Waals surface area contributed by atoms with Crippen molar-refractivity contribution in [2.24, 2.45) is 0 Å². The molecule has 1 saturated heterocycles. The number of carbonyl (C=O) groups excluding carboxylic acids is 1. The zero-order valence-corrected chi connectivity index (χ0v) is 21.1. The van der Waals surface area contributed by atoms with E-state index in [0.717, 1.165) is 67.9 Å². The van der Waals surface area contributed by atoms with Crippen LogP contribution in [0.5, 0.6) is 5.75 Å². The van der Waals surface area contributed by atoms with Gasteiger partial charge in [-0.15, -0.1) is 5.10 Å². The van der Waals surface area contributed by atoms with E-state index in [0.29, 0.717) is 33.7 Å². The fraction of sp³-hybridized carbons (Fsp3) is 0.346. The Morgan fingerprint density at radius 3 is 2.66 bits per heavy atom. The van der Waals surface area contributed by atoms with Crippen LogP contribution in [0.25, 0.3) is 0 Å². The number of nitrogens with zero attached hydrogens (tertiary/aromatic N) is 4. The summed E-state index contributed by atoms with van der Waals surface area (Å²) in [7, 11) is 1.60. The topological polar surface area (TPSA) is 70.6 Å². The van der Waals surface area contributed by atoms with E-state index < -0.39 is 0 Å². The van der Waals surface area contributed by atoms with Gasteiger partial charge < -0.3 is 19.9 Å². The summed E-state index contributed by atoms with van der Waals surface area (Å²) in [4.78, 5) is 16.9. The van der Waals surface area contributed by atoms with E-state index in [1.165, 1.54) is 0 Å². The first-order valence-electron chi connectivity index (χ1n) is 11.8. The summed E-state index contributed by atoms with van der Waals surface area (Å²) < 4.78 is 5.59. The minimum Gasteiger partial charge on any atom is -0.495 e. The number of carbonyl (C=O) groups is 1. The second kappa shape index (κ2) is 10.3. The van der Waals surface area contributed by atoms with Crippen LogP contribution in [0.15, 0.2) is 42.5 Å². The van der Waals surface area contributed by atoms with E-state index in [1.54, 1.807) is 19.2 Å². The van der Waals surface area contributed by atoms with Gasteiger partial charge in [-0.05, 0) is 67.6 Å². The predicted molar refractivity (Wildman–Crippen MR) is 139 cm³/mol. The average molecular weight is 512 g/mol. The van der Waals surface area contributed by atoms with Crippen molar-refractivity contribution < 1.29 is 9.53 Å². The van der Waals surface area contributed by atoms with E-state index >= 15 is 0 Å². The molecular formula is C26H27Cl2N5O2. The van der Waals surface area contributed by atoms with E-state index in [1.807, 2.05) is 35.2 Å². The number of ether oxygens (including phenoxy) is 1. The number of benzene rings is 2. The van der Waals surface area contributed by atoms with Gasteiger partial charge in [0.1, 0.15) is 5.75 Å². The molecule has 3 aromatic rings. The van der Waals surface area contributed by atoms with Crippen LogP contribution in [0.3, 0.4) is 0 Å². The maximum Gasteiger partial charge on any atom is 0.253 e. The molecule has 2 aliphatic rings. The lowest BCUT2D eigenvalue weighted by atomic mass is 10.1. The summed E-state index contributed by atoms with van der Waals surface area (Å²) in [5.74, 6) is 1.22. The quantitative estimate of drug-likeness (QED) is 0.455. The molecule has 0 unspecified atom stereocenters. The van der Waals surface area contributed by atoms with Crippen LogP contribution in [0.1, 0.15) is 40.9 Å². The van der Waals surface area contributed by atoms with Crippen LogP contribution in [0.2, 0.25) is 10.0 Å². The molecule has 0 aliphatic carbocycles. The molecule has 182 valence electrons. The maximum absolute atomic E-state index is 12.8. The Balaban J connectivity index is 1.38. The molecule has 0 bridgehead atoms. The molecule has 9 heteroatoms. The molecule has 1 aromatic heterocycles. The average Bonchev–Trinajstić information content (AvgIpc) is 3.41. The molecule has 0 spiro atoms. The predicted octanol–water partition coefficient (Wildman–Crippen LogP) is 5.72. The van der Waals surface area contributed by atoms with Crippen LogP contribution < -0.4 is 15.0 Å². The number of amides is 1. The first-order valence-corrected chi connectivity index (χ1v) is 12.6. The first-order chi connectivity index (χ1) is 17.0. The van der Waals surface area contributed by atoms with Crippen LogP contribution in [0.4, 0.5) is 17.2 Å². The fourth-order valence-corrected chi connectivity index (χ4v) is 5.05. The van der Waals surface area contributed by atoms with Crippen molar-refractivity contribution in [1.29, 1.82) is 0 Å². The number of methoxy groups -OCH3 is 1. The highest BCUT2D eigenvalue weighted by molar-refractivity contribution is 6.33. The van der Waals surface area contributed by atoms with Crippen LogP contribution in [-0.2, 0) is 13.0 Å². The van der Waals surface area contributed by atoms with E-state index in [9.17, 15) is 4.79 Å². The molecule has 5 rings (SSSR count). The summed E-state index contributed by atoms with van der Waals surface area (Å²) in [6.45, 7) is 3.14. The van der Waals surface area contributed by atoms with Gasteiger partial charge in [0.25, 0.3) is 5.91 Å². The molecule has 0 radical (unpaired) electrons. The fourth-order valence-electron chi connectivity index (χ4n) is 4.68. The molecule has 3 heterocycles. The van der Waals surface area contributed by atoms with Gasteiger partial charge in [0.05, 0.1) is 24.2 Å². The van der Waals surface area contributed by atoms with Gasteiger partial charge in [-0.25, -0.2) is 0 Å². The van der Waals surface area contributed by atoms with Crippen LogP contribution in [0, 0.1) is 0 Å². The molecular weight excluding hydrogens is 485 g/mol. The Hall–Kier alpha value is -3.03. The Morgan fingerprint density at radius 2 is 1.86 bits per heavy atom. The lowest BCUT2D eigenvalue weighted by molar-refractivity contribution is 0.0792. The zero-order valence-electron chi connectivity index (χ0n) is 19.6. The molecule has 7 nitrogen and oxygen atoms in total. The molecule has 2 aliphatic heterocycles. The zero-order chi connectivity index (χ0) is 24.4. The van der Waals surface area contributed by atoms with E-state index in [4.69, 9.17) is 27.9 Å². The molecule has 1 fully saturated rings. The number of hydrogen-bond acceptors (Lipinski definition) is 6. The number of fused-ring (bicyclic) bond motifs is 1. The second-order valence-corrected chi connectivity index (χ2v) is 9.71. The van der Waals surface area contributed by atoms with Crippen molar-refractivity contribution in [3.8, 4) is 5.75 Å². The maximum atomic E-state index is 12.8. The number of aromatic nitrogens is 2. The third kappa shape index (κ3) is 5.16. The van der Waals surface area contributed by atoms with Crippen molar-refractivity contribution in [3.05, 3.63) is 69.3 Å². The number of nitrogens with one attached hydrogen (secondary N) is 1. The third-order valence-electron chi connectivity index (χ3n) is 6.50. The Labute approximate surface area is 215 Å². The second-order valence-electron chi connectivity index (χ2n) is 8.86. The minimum atomic E-state index is 0.0382. The van der Waals surface area contributed by atoms with Gasteiger partial charge in [0.2, 0.25) is 0 Å². The molecule has 1 N–H and O–H groups in total. The molecule has 2 aromatic carbocycles. The number of halogens is 2.